The van der Waals surface area contributed by atoms with E-state index in [0.29, 0.717) is 6.10 Å². The number of nitrogens with one attached hydrogen (secondary N) is 1. The molecule has 0 saturated heterocycles. The van der Waals surface area contributed by atoms with Crippen molar-refractivity contribution < 1.29 is 9.15 Å². The summed E-state index contributed by atoms with van der Waals surface area (Å²) in [5.74, 6) is 0.975. The van der Waals surface area contributed by atoms with Gasteiger partial charge in [-0.25, -0.2) is 0 Å². The predicted molar refractivity (Wildman–Crippen MR) is 74.6 cm³/mol. The van der Waals surface area contributed by atoms with Crippen LogP contribution in [0.5, 0.6) is 0 Å². The first-order valence-electron chi connectivity index (χ1n) is 7.17. The zero-order valence-electron chi connectivity index (χ0n) is 11.8. The van der Waals surface area contributed by atoms with Crippen molar-refractivity contribution >= 4 is 0 Å². The number of hydrogen-bond acceptors (Lipinski definition) is 3. The largest absolute Gasteiger partial charge is 0.468 e. The van der Waals surface area contributed by atoms with Crippen LogP contribution in [0.4, 0.5) is 0 Å². The molecule has 0 fully saturated rings. The Kier molecular flexibility index (Phi) is 8.61. The van der Waals surface area contributed by atoms with Gasteiger partial charge in [0.15, 0.2) is 0 Å². The Morgan fingerprint density at radius 2 is 2.22 bits per heavy atom. The van der Waals surface area contributed by atoms with Gasteiger partial charge in [-0.05, 0) is 25.5 Å². The smallest absolute Gasteiger partial charge is 0.117 e. The van der Waals surface area contributed by atoms with E-state index in [2.05, 4.69) is 19.2 Å². The van der Waals surface area contributed by atoms with Crippen molar-refractivity contribution in [2.24, 2.45) is 0 Å². The van der Waals surface area contributed by atoms with Gasteiger partial charge in [0, 0.05) is 6.54 Å². The van der Waals surface area contributed by atoms with Gasteiger partial charge in [0.2, 0.25) is 0 Å². The third-order valence-corrected chi connectivity index (χ3v) is 3.02. The molecule has 0 spiro atoms. The summed E-state index contributed by atoms with van der Waals surface area (Å²) < 4.78 is 11.0. The first-order chi connectivity index (χ1) is 8.83. The van der Waals surface area contributed by atoms with E-state index in [9.17, 15) is 0 Å². The van der Waals surface area contributed by atoms with Gasteiger partial charge in [-0.3, -0.25) is 0 Å². The lowest BCUT2D eigenvalue weighted by atomic mass is 10.1. The molecule has 0 bridgehead atoms. The highest BCUT2D eigenvalue weighted by Crippen LogP contribution is 2.07. The molecule has 1 aromatic heterocycles. The summed E-state index contributed by atoms with van der Waals surface area (Å²) in [5, 5.41) is 3.30. The number of rotatable bonds is 11. The van der Waals surface area contributed by atoms with Crippen molar-refractivity contribution in [3.05, 3.63) is 24.2 Å². The van der Waals surface area contributed by atoms with Crippen LogP contribution in [0.25, 0.3) is 0 Å². The highest BCUT2D eigenvalue weighted by atomic mass is 16.5. The van der Waals surface area contributed by atoms with E-state index in [0.717, 1.165) is 25.5 Å². The van der Waals surface area contributed by atoms with E-state index in [4.69, 9.17) is 9.15 Å². The quantitative estimate of drug-likeness (QED) is 0.610. The molecule has 18 heavy (non-hydrogen) atoms. The number of unbranched alkanes of at least 4 members (excludes halogenated alkanes) is 3. The van der Waals surface area contributed by atoms with Crippen LogP contribution in [-0.2, 0) is 11.3 Å². The molecule has 104 valence electrons. The monoisotopic (exact) mass is 253 g/mol. The lowest BCUT2D eigenvalue weighted by Crippen LogP contribution is -2.21. The van der Waals surface area contributed by atoms with Crippen molar-refractivity contribution in [1.29, 1.82) is 0 Å². The van der Waals surface area contributed by atoms with Crippen LogP contribution in [0.15, 0.2) is 22.8 Å². The van der Waals surface area contributed by atoms with Gasteiger partial charge in [-0.1, -0.05) is 32.6 Å². The minimum absolute atomic E-state index is 0.382. The minimum atomic E-state index is 0.382. The summed E-state index contributed by atoms with van der Waals surface area (Å²) in [5.41, 5.74) is 0. The van der Waals surface area contributed by atoms with Crippen LogP contribution in [0.2, 0.25) is 0 Å². The number of furan rings is 1. The van der Waals surface area contributed by atoms with E-state index in [-0.39, 0.29) is 0 Å². The molecule has 0 aliphatic heterocycles. The van der Waals surface area contributed by atoms with Gasteiger partial charge in [-0.2, -0.15) is 0 Å². The van der Waals surface area contributed by atoms with E-state index in [1.165, 1.54) is 32.1 Å². The molecule has 0 amide bonds. The van der Waals surface area contributed by atoms with Crippen LogP contribution < -0.4 is 5.32 Å². The molecule has 1 heterocycles. The van der Waals surface area contributed by atoms with Crippen LogP contribution in [0.3, 0.4) is 0 Å². The maximum absolute atomic E-state index is 5.75. The van der Waals surface area contributed by atoms with Gasteiger partial charge in [0.1, 0.15) is 5.76 Å². The first-order valence-corrected chi connectivity index (χ1v) is 7.17. The van der Waals surface area contributed by atoms with Crippen molar-refractivity contribution in [3.8, 4) is 0 Å². The lowest BCUT2D eigenvalue weighted by molar-refractivity contribution is 0.0601. The van der Waals surface area contributed by atoms with E-state index in [1.807, 2.05) is 12.1 Å². The summed E-state index contributed by atoms with van der Waals surface area (Å²) in [7, 11) is 0. The van der Waals surface area contributed by atoms with Gasteiger partial charge in [0.25, 0.3) is 0 Å². The zero-order chi connectivity index (χ0) is 13.1. The molecule has 1 rings (SSSR count). The Morgan fingerprint density at radius 3 is 2.94 bits per heavy atom. The topological polar surface area (TPSA) is 34.4 Å². The van der Waals surface area contributed by atoms with Crippen LogP contribution >= 0.6 is 0 Å². The summed E-state index contributed by atoms with van der Waals surface area (Å²) >= 11 is 0. The summed E-state index contributed by atoms with van der Waals surface area (Å²) in [6.07, 6.45) is 8.52. The average Bonchev–Trinajstić information content (AvgIpc) is 2.87. The molecule has 3 heteroatoms. The molecule has 3 nitrogen and oxygen atoms in total. The van der Waals surface area contributed by atoms with Gasteiger partial charge in [-0.15, -0.1) is 0 Å². The summed E-state index contributed by atoms with van der Waals surface area (Å²) in [6.45, 7) is 6.83. The first kappa shape index (κ1) is 15.3. The Bertz CT molecular complexity index is 272. The Labute approximate surface area is 111 Å². The Hall–Kier alpha value is -0.800. The predicted octanol–water partition coefficient (Wildman–Crippen LogP) is 3.74. The van der Waals surface area contributed by atoms with Crippen molar-refractivity contribution in [2.45, 2.75) is 58.6 Å². The molecule has 1 N–H and O–H groups in total. The second kappa shape index (κ2) is 10.2. The second-order valence-corrected chi connectivity index (χ2v) is 4.79. The average molecular weight is 253 g/mol. The van der Waals surface area contributed by atoms with Crippen LogP contribution in [0.1, 0.15) is 51.7 Å². The van der Waals surface area contributed by atoms with E-state index >= 15 is 0 Å². The highest BCUT2D eigenvalue weighted by Gasteiger charge is 2.01. The molecule has 0 aliphatic carbocycles. The minimum Gasteiger partial charge on any atom is -0.468 e. The lowest BCUT2D eigenvalue weighted by Gasteiger charge is -2.13. The fourth-order valence-electron chi connectivity index (χ4n) is 1.90. The molecule has 1 atom stereocenters. The molecular formula is C15H27NO2. The molecule has 0 aromatic carbocycles. The third kappa shape index (κ3) is 7.51. The molecular weight excluding hydrogens is 226 g/mol. The van der Waals surface area contributed by atoms with Gasteiger partial charge >= 0.3 is 0 Å². The van der Waals surface area contributed by atoms with Crippen molar-refractivity contribution in [3.63, 3.8) is 0 Å². The van der Waals surface area contributed by atoms with Crippen LogP contribution in [-0.4, -0.2) is 19.3 Å². The van der Waals surface area contributed by atoms with Crippen molar-refractivity contribution in [1.82, 2.24) is 5.32 Å². The Balaban J connectivity index is 1.87. The fraction of sp³-hybridized carbons (Fsp3) is 0.733. The molecule has 1 unspecified atom stereocenters. The number of ether oxygens (including phenoxy) is 1. The van der Waals surface area contributed by atoms with E-state index < -0.39 is 0 Å². The molecule has 0 aliphatic rings. The molecule has 0 radical (unpaired) electrons. The van der Waals surface area contributed by atoms with E-state index in [1.54, 1.807) is 6.26 Å². The highest BCUT2D eigenvalue weighted by molar-refractivity contribution is 4.97. The zero-order valence-corrected chi connectivity index (χ0v) is 11.8. The maximum atomic E-state index is 5.75. The standard InChI is InChI=1S/C15H27NO2/c1-3-4-5-6-8-14(2)17-12-10-16-13-15-9-7-11-18-15/h7,9,11,14,16H,3-6,8,10,12-13H2,1-2H3. The van der Waals surface area contributed by atoms with Crippen LogP contribution in [0, 0.1) is 0 Å². The second-order valence-electron chi connectivity index (χ2n) is 4.79. The van der Waals surface area contributed by atoms with Gasteiger partial charge in [0.05, 0.1) is 25.5 Å². The SMILES string of the molecule is CCCCCCC(C)OCCNCc1ccco1. The maximum Gasteiger partial charge on any atom is 0.117 e. The summed E-state index contributed by atoms with van der Waals surface area (Å²) in [4.78, 5) is 0. The van der Waals surface area contributed by atoms with Crippen molar-refractivity contribution in [2.75, 3.05) is 13.2 Å². The molecule has 0 saturated carbocycles. The number of hydrogen-bond donors (Lipinski definition) is 1. The summed E-state index contributed by atoms with van der Waals surface area (Å²) in [6, 6.07) is 3.89. The fourth-order valence-corrected chi connectivity index (χ4v) is 1.90. The normalized spacial score (nSPS) is 12.8. The Morgan fingerprint density at radius 1 is 1.33 bits per heavy atom. The molecule has 1 aromatic rings. The third-order valence-electron chi connectivity index (χ3n) is 3.02. The van der Waals surface area contributed by atoms with Gasteiger partial charge < -0.3 is 14.5 Å².